The lowest BCUT2D eigenvalue weighted by Crippen LogP contribution is -2.33. The molecule has 0 unspecified atom stereocenters. The summed E-state index contributed by atoms with van der Waals surface area (Å²) in [5, 5.41) is 6.46. The Morgan fingerprint density at radius 2 is 2.17 bits per heavy atom. The first-order chi connectivity index (χ1) is 16.9. The van der Waals surface area contributed by atoms with Crippen LogP contribution in [0.3, 0.4) is 0 Å². The third-order valence-electron chi connectivity index (χ3n) is 5.31. The van der Waals surface area contributed by atoms with Gasteiger partial charge in [0.25, 0.3) is 11.4 Å². The number of halogens is 1. The average Bonchev–Trinajstić information content (AvgIpc) is 3.21. The zero-order valence-corrected chi connectivity index (χ0v) is 19.4. The zero-order valence-electron chi connectivity index (χ0n) is 18.7. The lowest BCUT2D eigenvalue weighted by molar-refractivity contribution is 0.139. The molecule has 0 saturated carbocycles. The first-order valence-corrected chi connectivity index (χ1v) is 11.1. The average molecular weight is 501 g/mol. The van der Waals surface area contributed by atoms with Crippen LogP contribution in [-0.4, -0.2) is 69.5 Å². The lowest BCUT2D eigenvalue weighted by Gasteiger charge is -2.20. The van der Waals surface area contributed by atoms with E-state index in [-0.39, 0.29) is 24.2 Å². The Hall–Kier alpha value is -3.97. The van der Waals surface area contributed by atoms with E-state index in [1.165, 1.54) is 21.9 Å². The number of carbonyl (C=O) groups is 1. The highest BCUT2D eigenvalue weighted by Gasteiger charge is 2.34. The van der Waals surface area contributed by atoms with Crippen molar-refractivity contribution in [3.63, 3.8) is 0 Å². The highest BCUT2D eigenvalue weighted by Crippen LogP contribution is 2.29. The van der Waals surface area contributed by atoms with Crippen LogP contribution < -0.4 is 30.6 Å². The van der Waals surface area contributed by atoms with E-state index < -0.39 is 6.09 Å². The van der Waals surface area contributed by atoms with Crippen LogP contribution in [0.15, 0.2) is 35.5 Å². The van der Waals surface area contributed by atoms with Crippen LogP contribution in [0.4, 0.5) is 16.4 Å². The number of rotatable bonds is 7. The number of nitrogens with zero attached hydrogens (tertiary/aromatic N) is 6. The second-order valence-corrected chi connectivity index (χ2v) is 8.25. The molecule has 13 nitrogen and oxygen atoms in total. The number of anilines is 2. The molecular weight excluding hydrogens is 480 g/mol. The SMILES string of the molecule is C=C1COc2ncc(N3C[C@H](CNCCOc4nc5c(cc4Cl)ncc(=O)n5C)OC3=O)nc2N1. The van der Waals surface area contributed by atoms with Crippen LogP contribution in [0, 0.1) is 0 Å². The quantitative estimate of drug-likeness (QED) is 0.449. The third-order valence-corrected chi connectivity index (χ3v) is 5.58. The van der Waals surface area contributed by atoms with Gasteiger partial charge in [0.05, 0.1) is 18.9 Å². The van der Waals surface area contributed by atoms with Gasteiger partial charge in [-0.2, -0.15) is 4.98 Å². The van der Waals surface area contributed by atoms with Gasteiger partial charge in [-0.15, -0.1) is 0 Å². The summed E-state index contributed by atoms with van der Waals surface area (Å²) >= 11 is 6.23. The van der Waals surface area contributed by atoms with E-state index in [0.717, 1.165) is 0 Å². The number of aryl methyl sites for hydroxylation is 1. The number of aromatic nitrogens is 5. The van der Waals surface area contributed by atoms with Gasteiger partial charge in [0.1, 0.15) is 29.9 Å². The van der Waals surface area contributed by atoms with Gasteiger partial charge >= 0.3 is 6.09 Å². The van der Waals surface area contributed by atoms with E-state index in [9.17, 15) is 9.59 Å². The van der Waals surface area contributed by atoms with Crippen molar-refractivity contribution >= 4 is 40.5 Å². The summed E-state index contributed by atoms with van der Waals surface area (Å²) in [6.07, 6.45) is 1.78. The molecule has 3 aromatic heterocycles. The van der Waals surface area contributed by atoms with Crippen molar-refractivity contribution in [3.05, 3.63) is 46.1 Å². The monoisotopic (exact) mass is 500 g/mol. The number of pyridine rings is 1. The van der Waals surface area contributed by atoms with E-state index in [4.69, 9.17) is 25.8 Å². The van der Waals surface area contributed by atoms with Crippen molar-refractivity contribution in [2.75, 3.05) is 43.1 Å². The second kappa shape index (κ2) is 9.35. The molecule has 1 fully saturated rings. The molecule has 5 heterocycles. The van der Waals surface area contributed by atoms with Gasteiger partial charge in [-0.1, -0.05) is 18.2 Å². The molecule has 14 heteroatoms. The molecule has 3 aromatic rings. The standard InChI is InChI=1S/C21H21ClN8O5/c1-11-10-34-20-17(26-11)27-15(7-25-20)30-9-12(35-21(30)32)6-23-3-4-33-19-13(22)5-14-18(28-19)29(2)16(31)8-24-14/h5,7-8,12,23H,1,3-4,6,9-10H2,2H3,(H,26,27)/t12-/m0/s1. The van der Waals surface area contributed by atoms with Gasteiger partial charge in [-0.25, -0.2) is 19.7 Å². The molecule has 2 N–H and O–H groups in total. The van der Waals surface area contributed by atoms with Gasteiger partial charge in [0.2, 0.25) is 5.88 Å². The van der Waals surface area contributed by atoms with E-state index in [2.05, 4.69) is 37.1 Å². The largest absolute Gasteiger partial charge is 0.475 e. The normalized spacial score (nSPS) is 17.1. The fraction of sp³-hybridized carbons (Fsp3) is 0.333. The Morgan fingerprint density at radius 3 is 3.03 bits per heavy atom. The van der Waals surface area contributed by atoms with E-state index >= 15 is 0 Å². The second-order valence-electron chi connectivity index (χ2n) is 7.84. The summed E-state index contributed by atoms with van der Waals surface area (Å²) < 4.78 is 17.9. The number of carbonyl (C=O) groups excluding carboxylic acids is 1. The van der Waals surface area contributed by atoms with Crippen molar-refractivity contribution in [2.24, 2.45) is 7.05 Å². The van der Waals surface area contributed by atoms with Gasteiger partial charge < -0.3 is 24.8 Å². The van der Waals surface area contributed by atoms with Crippen molar-refractivity contribution in [1.82, 2.24) is 29.8 Å². The smallest absolute Gasteiger partial charge is 0.416 e. The number of hydrogen-bond donors (Lipinski definition) is 2. The molecule has 1 amide bonds. The molecule has 0 radical (unpaired) electrons. The third kappa shape index (κ3) is 4.68. The van der Waals surface area contributed by atoms with Crippen LogP contribution in [-0.2, 0) is 11.8 Å². The number of hydrogen-bond acceptors (Lipinski definition) is 11. The van der Waals surface area contributed by atoms with E-state index in [1.807, 2.05) is 0 Å². The molecule has 1 saturated heterocycles. The van der Waals surface area contributed by atoms with E-state index in [0.29, 0.717) is 65.6 Å². The molecule has 5 rings (SSSR count). The van der Waals surface area contributed by atoms with Crippen molar-refractivity contribution in [2.45, 2.75) is 6.10 Å². The highest BCUT2D eigenvalue weighted by atomic mass is 35.5. The van der Waals surface area contributed by atoms with Crippen LogP contribution in [0.25, 0.3) is 11.2 Å². The van der Waals surface area contributed by atoms with Gasteiger partial charge in [-0.05, 0) is 6.07 Å². The van der Waals surface area contributed by atoms with Gasteiger partial charge in [-0.3, -0.25) is 14.3 Å². The summed E-state index contributed by atoms with van der Waals surface area (Å²) in [4.78, 5) is 42.5. The number of fused-ring (bicyclic) bond motifs is 2. The molecule has 0 aliphatic carbocycles. The summed E-state index contributed by atoms with van der Waals surface area (Å²) in [6, 6.07) is 1.60. The fourth-order valence-corrected chi connectivity index (χ4v) is 3.75. The van der Waals surface area contributed by atoms with Crippen LogP contribution in [0.5, 0.6) is 11.8 Å². The van der Waals surface area contributed by atoms with Crippen molar-refractivity contribution in [3.8, 4) is 11.8 Å². The van der Waals surface area contributed by atoms with Gasteiger partial charge in [0.15, 0.2) is 17.3 Å². The Kier molecular flexibility index (Phi) is 6.09. The molecule has 2 aliphatic heterocycles. The number of nitrogens with one attached hydrogen (secondary N) is 2. The number of ether oxygens (including phenoxy) is 3. The zero-order chi connectivity index (χ0) is 24.5. The minimum atomic E-state index is -0.510. The minimum absolute atomic E-state index is 0.202. The predicted molar refractivity (Wildman–Crippen MR) is 126 cm³/mol. The summed E-state index contributed by atoms with van der Waals surface area (Å²) in [6.45, 7) is 5.52. The minimum Gasteiger partial charge on any atom is -0.475 e. The van der Waals surface area contributed by atoms with Crippen LogP contribution >= 0.6 is 11.6 Å². The van der Waals surface area contributed by atoms with Crippen molar-refractivity contribution in [1.29, 1.82) is 0 Å². The molecule has 0 aromatic carbocycles. The Balaban J connectivity index is 1.13. The summed E-state index contributed by atoms with van der Waals surface area (Å²) in [5.74, 6) is 1.31. The molecule has 35 heavy (non-hydrogen) atoms. The Bertz CT molecular complexity index is 1380. The Morgan fingerprint density at radius 1 is 1.31 bits per heavy atom. The maximum atomic E-state index is 12.3. The summed E-state index contributed by atoms with van der Waals surface area (Å²) in [5.41, 5.74) is 1.24. The molecule has 1 atom stereocenters. The maximum absolute atomic E-state index is 12.3. The first kappa shape index (κ1) is 22.8. The predicted octanol–water partition coefficient (Wildman–Crippen LogP) is 1.08. The number of amides is 1. The molecule has 0 spiro atoms. The molecule has 0 bridgehead atoms. The molecule has 2 aliphatic rings. The highest BCUT2D eigenvalue weighted by molar-refractivity contribution is 6.32. The van der Waals surface area contributed by atoms with E-state index in [1.54, 1.807) is 13.1 Å². The fourth-order valence-electron chi connectivity index (χ4n) is 3.55. The first-order valence-electron chi connectivity index (χ1n) is 10.7. The molecule has 182 valence electrons. The topological polar surface area (TPSA) is 146 Å². The lowest BCUT2D eigenvalue weighted by atomic mass is 10.3. The Labute approximate surface area is 203 Å². The summed E-state index contributed by atoms with van der Waals surface area (Å²) in [7, 11) is 1.60. The maximum Gasteiger partial charge on any atom is 0.416 e. The van der Waals surface area contributed by atoms with Crippen molar-refractivity contribution < 1.29 is 19.0 Å². The van der Waals surface area contributed by atoms with Crippen LogP contribution in [0.2, 0.25) is 5.02 Å². The number of cyclic esters (lactones) is 1. The van der Waals surface area contributed by atoms with Gasteiger partial charge in [0, 0.05) is 25.8 Å². The molecular formula is C21H21ClN8O5. The van der Waals surface area contributed by atoms with Crippen LogP contribution in [0.1, 0.15) is 0 Å².